The first-order valence-electron chi connectivity index (χ1n) is 7.68. The Morgan fingerprint density at radius 2 is 1.88 bits per heavy atom. The number of methoxy groups -OCH3 is 1. The predicted octanol–water partition coefficient (Wildman–Crippen LogP) is 3.58. The fourth-order valence-electron chi connectivity index (χ4n) is 2.73. The molecule has 0 atom stereocenters. The van der Waals surface area contributed by atoms with E-state index in [9.17, 15) is 20.1 Å². The lowest BCUT2D eigenvalue weighted by atomic mass is 10.0. The second-order valence-electron chi connectivity index (χ2n) is 6.05. The highest BCUT2D eigenvalue weighted by Gasteiger charge is 2.20. The lowest BCUT2D eigenvalue weighted by molar-refractivity contribution is 0.406. The third kappa shape index (κ3) is 2.76. The highest BCUT2D eigenvalue weighted by molar-refractivity contribution is 5.98. The standard InChI is InChI=1S/C19H18O6/c1-9(2)4-5-10-6-14(24-3)19-15(16(10)22)17(23)12-7-11(20)8-13(21)18(12)25-19/h4,6-8,20-22H,5H2,1-3H3. The highest BCUT2D eigenvalue weighted by atomic mass is 16.5. The second-order valence-corrected chi connectivity index (χ2v) is 6.05. The number of phenols is 3. The minimum absolute atomic E-state index is 0.0262. The molecule has 0 radical (unpaired) electrons. The molecule has 1 heterocycles. The first-order chi connectivity index (χ1) is 11.8. The van der Waals surface area contributed by atoms with Crippen LogP contribution in [0, 0.1) is 0 Å². The van der Waals surface area contributed by atoms with Gasteiger partial charge in [-0.3, -0.25) is 4.79 Å². The van der Waals surface area contributed by atoms with E-state index in [2.05, 4.69) is 0 Å². The molecule has 0 fully saturated rings. The van der Waals surface area contributed by atoms with Gasteiger partial charge in [0.1, 0.15) is 16.9 Å². The highest BCUT2D eigenvalue weighted by Crippen LogP contribution is 2.38. The number of phenolic OH excluding ortho intramolecular Hbond substituents is 3. The van der Waals surface area contributed by atoms with Gasteiger partial charge in [-0.1, -0.05) is 11.6 Å². The molecular formula is C19H18O6. The molecule has 2 aromatic carbocycles. The first kappa shape index (κ1) is 16.7. The zero-order valence-corrected chi connectivity index (χ0v) is 14.1. The predicted molar refractivity (Wildman–Crippen MR) is 94.7 cm³/mol. The number of hydrogen-bond donors (Lipinski definition) is 3. The van der Waals surface area contributed by atoms with Gasteiger partial charge >= 0.3 is 0 Å². The van der Waals surface area contributed by atoms with Crippen LogP contribution in [0.2, 0.25) is 0 Å². The summed E-state index contributed by atoms with van der Waals surface area (Å²) < 4.78 is 10.9. The number of hydrogen-bond acceptors (Lipinski definition) is 6. The van der Waals surface area contributed by atoms with Gasteiger partial charge in [-0.25, -0.2) is 0 Å². The molecule has 6 heteroatoms. The fourth-order valence-corrected chi connectivity index (χ4v) is 2.73. The molecule has 0 amide bonds. The minimum atomic E-state index is -0.558. The first-order valence-corrected chi connectivity index (χ1v) is 7.68. The van der Waals surface area contributed by atoms with Crippen LogP contribution in [0.4, 0.5) is 0 Å². The molecular weight excluding hydrogens is 324 g/mol. The number of rotatable bonds is 3. The number of ether oxygens (including phenoxy) is 1. The van der Waals surface area contributed by atoms with Crippen molar-refractivity contribution in [2.75, 3.05) is 7.11 Å². The smallest absolute Gasteiger partial charge is 0.204 e. The van der Waals surface area contributed by atoms with Crippen molar-refractivity contribution in [3.8, 4) is 23.0 Å². The molecule has 3 rings (SSSR count). The van der Waals surface area contributed by atoms with E-state index in [1.807, 2.05) is 19.9 Å². The number of aromatic hydroxyl groups is 3. The molecule has 0 unspecified atom stereocenters. The van der Waals surface area contributed by atoms with Crippen LogP contribution < -0.4 is 10.2 Å². The molecule has 130 valence electrons. The molecule has 6 nitrogen and oxygen atoms in total. The summed E-state index contributed by atoms with van der Waals surface area (Å²) in [5, 5.41) is 30.1. The van der Waals surface area contributed by atoms with Gasteiger partial charge in [0.15, 0.2) is 22.7 Å². The monoisotopic (exact) mass is 342 g/mol. The number of benzene rings is 2. The van der Waals surface area contributed by atoms with E-state index in [4.69, 9.17) is 9.15 Å². The lowest BCUT2D eigenvalue weighted by Crippen LogP contribution is -2.05. The Morgan fingerprint density at radius 3 is 2.52 bits per heavy atom. The van der Waals surface area contributed by atoms with Crippen molar-refractivity contribution in [3.63, 3.8) is 0 Å². The Kier molecular flexibility index (Phi) is 4.04. The van der Waals surface area contributed by atoms with Crippen LogP contribution >= 0.6 is 0 Å². The van der Waals surface area contributed by atoms with Gasteiger partial charge in [-0.15, -0.1) is 0 Å². The lowest BCUT2D eigenvalue weighted by Gasteiger charge is -2.12. The molecule has 0 spiro atoms. The van der Waals surface area contributed by atoms with Crippen molar-refractivity contribution in [3.05, 3.63) is 45.6 Å². The van der Waals surface area contributed by atoms with Crippen molar-refractivity contribution in [1.29, 1.82) is 0 Å². The molecule has 25 heavy (non-hydrogen) atoms. The molecule has 0 aliphatic carbocycles. The van der Waals surface area contributed by atoms with Gasteiger partial charge in [0, 0.05) is 11.6 Å². The van der Waals surface area contributed by atoms with Gasteiger partial charge in [0.05, 0.1) is 12.5 Å². The summed E-state index contributed by atoms with van der Waals surface area (Å²) in [5.41, 5.74) is 0.988. The molecule has 0 aliphatic heterocycles. The van der Waals surface area contributed by atoms with E-state index >= 15 is 0 Å². The maximum atomic E-state index is 12.9. The third-order valence-electron chi connectivity index (χ3n) is 3.98. The summed E-state index contributed by atoms with van der Waals surface area (Å²) in [4.78, 5) is 12.9. The summed E-state index contributed by atoms with van der Waals surface area (Å²) in [6.45, 7) is 3.87. The van der Waals surface area contributed by atoms with E-state index in [1.54, 1.807) is 6.07 Å². The van der Waals surface area contributed by atoms with E-state index in [-0.39, 0.29) is 44.9 Å². The Morgan fingerprint density at radius 1 is 1.16 bits per heavy atom. The Hall–Kier alpha value is -3.15. The second kappa shape index (κ2) is 6.05. The van der Waals surface area contributed by atoms with E-state index in [0.717, 1.165) is 11.6 Å². The number of fused-ring (bicyclic) bond motifs is 2. The maximum absolute atomic E-state index is 12.9. The van der Waals surface area contributed by atoms with Crippen LogP contribution in [-0.4, -0.2) is 22.4 Å². The Bertz CT molecular complexity index is 1070. The van der Waals surface area contributed by atoms with Gasteiger partial charge < -0.3 is 24.5 Å². The van der Waals surface area contributed by atoms with Crippen LogP contribution in [0.15, 0.2) is 39.1 Å². The number of allylic oxidation sites excluding steroid dienone is 2. The quantitative estimate of drug-likeness (QED) is 0.497. The van der Waals surface area contributed by atoms with Crippen LogP contribution in [0.5, 0.6) is 23.0 Å². The fraction of sp³-hybridized carbons (Fsp3) is 0.211. The Balaban J connectivity index is 2.47. The summed E-state index contributed by atoms with van der Waals surface area (Å²) in [5.74, 6) is -0.573. The summed E-state index contributed by atoms with van der Waals surface area (Å²) in [6, 6.07) is 3.87. The molecule has 3 N–H and O–H groups in total. The zero-order chi connectivity index (χ0) is 18.3. The molecule has 0 saturated carbocycles. The average molecular weight is 342 g/mol. The molecule has 0 saturated heterocycles. The summed E-state index contributed by atoms with van der Waals surface area (Å²) in [7, 11) is 1.43. The summed E-state index contributed by atoms with van der Waals surface area (Å²) >= 11 is 0. The normalized spacial score (nSPS) is 11.0. The largest absolute Gasteiger partial charge is 0.508 e. The van der Waals surface area contributed by atoms with Gasteiger partial charge in [0.2, 0.25) is 5.43 Å². The van der Waals surface area contributed by atoms with Crippen LogP contribution in [-0.2, 0) is 6.42 Å². The third-order valence-corrected chi connectivity index (χ3v) is 3.98. The van der Waals surface area contributed by atoms with Gasteiger partial charge in [0.25, 0.3) is 0 Å². The van der Waals surface area contributed by atoms with Crippen LogP contribution in [0.3, 0.4) is 0 Å². The van der Waals surface area contributed by atoms with Crippen molar-refractivity contribution >= 4 is 21.9 Å². The van der Waals surface area contributed by atoms with Crippen molar-refractivity contribution in [2.45, 2.75) is 20.3 Å². The summed E-state index contributed by atoms with van der Waals surface area (Å²) in [6.07, 6.45) is 2.34. The van der Waals surface area contributed by atoms with Crippen molar-refractivity contribution in [2.24, 2.45) is 0 Å². The van der Waals surface area contributed by atoms with Gasteiger partial charge in [-0.05, 0) is 32.4 Å². The van der Waals surface area contributed by atoms with Crippen LogP contribution in [0.25, 0.3) is 21.9 Å². The van der Waals surface area contributed by atoms with Crippen molar-refractivity contribution < 1.29 is 24.5 Å². The maximum Gasteiger partial charge on any atom is 0.204 e. The van der Waals surface area contributed by atoms with Crippen molar-refractivity contribution in [1.82, 2.24) is 0 Å². The topological polar surface area (TPSA) is 100 Å². The van der Waals surface area contributed by atoms with Crippen LogP contribution in [0.1, 0.15) is 19.4 Å². The average Bonchev–Trinajstić information content (AvgIpc) is 2.55. The molecule has 1 aromatic heterocycles. The molecule has 3 aromatic rings. The SMILES string of the molecule is COc1cc(CC=C(C)C)c(O)c2c(=O)c3cc(O)cc(O)c3oc12. The van der Waals surface area contributed by atoms with E-state index in [1.165, 1.54) is 13.2 Å². The van der Waals surface area contributed by atoms with Gasteiger partial charge in [-0.2, -0.15) is 0 Å². The Labute approximate surface area is 143 Å². The molecule has 0 aliphatic rings. The zero-order valence-electron chi connectivity index (χ0n) is 14.1. The minimum Gasteiger partial charge on any atom is -0.508 e. The molecule has 0 bridgehead atoms. The van der Waals surface area contributed by atoms with E-state index < -0.39 is 5.43 Å². The van der Waals surface area contributed by atoms with E-state index in [0.29, 0.717) is 12.0 Å².